The summed E-state index contributed by atoms with van der Waals surface area (Å²) in [7, 11) is 1.36. The lowest BCUT2D eigenvalue weighted by Gasteiger charge is -2.18. The van der Waals surface area contributed by atoms with Gasteiger partial charge < -0.3 is 9.64 Å². The maximum absolute atomic E-state index is 13.0. The highest BCUT2D eigenvalue weighted by atomic mass is 19.1. The number of benzene rings is 2. The molecule has 1 aliphatic heterocycles. The van der Waals surface area contributed by atoms with Crippen LogP contribution < -0.4 is 4.90 Å². The molecule has 1 amide bonds. The summed E-state index contributed by atoms with van der Waals surface area (Å²) in [4.78, 5) is 26.0. The number of esters is 1. The van der Waals surface area contributed by atoms with E-state index in [2.05, 4.69) is 0 Å². The minimum atomic E-state index is -0.323. The molecule has 0 fully saturated rings. The van der Waals surface area contributed by atoms with Crippen molar-refractivity contribution in [2.45, 2.75) is 18.8 Å². The molecule has 1 aliphatic rings. The van der Waals surface area contributed by atoms with Crippen molar-refractivity contribution in [3.63, 3.8) is 0 Å². The molecule has 0 N–H and O–H groups in total. The molecule has 124 valence electrons. The molecule has 0 saturated carbocycles. The number of rotatable bonds is 4. The summed E-state index contributed by atoms with van der Waals surface area (Å²) < 4.78 is 17.7. The van der Waals surface area contributed by atoms with E-state index in [9.17, 15) is 14.0 Å². The van der Waals surface area contributed by atoms with Crippen molar-refractivity contribution in [2.75, 3.05) is 18.6 Å². The number of para-hydroxylation sites is 1. The van der Waals surface area contributed by atoms with Crippen molar-refractivity contribution in [2.24, 2.45) is 0 Å². The molecule has 2 aromatic rings. The Bertz CT molecular complexity index is 757. The Morgan fingerprint density at radius 1 is 1.17 bits per heavy atom. The minimum Gasteiger partial charge on any atom is -0.469 e. The fraction of sp³-hybridized carbons (Fsp3) is 0.263. The summed E-state index contributed by atoms with van der Waals surface area (Å²) in [6.45, 7) is 0.453. The van der Waals surface area contributed by atoms with Crippen LogP contribution in [0.5, 0.6) is 0 Å². The van der Waals surface area contributed by atoms with Gasteiger partial charge in [0.2, 0.25) is 5.91 Å². The standard InChI is InChI=1S/C19H18FNO3/c1-24-19(23)11-14-12-21(17-5-3-2-4-16(14)17)18(22)10-13-6-8-15(20)9-7-13/h2-9,14H,10-12H2,1H3. The van der Waals surface area contributed by atoms with Crippen molar-refractivity contribution < 1.29 is 18.7 Å². The van der Waals surface area contributed by atoms with Gasteiger partial charge in [0.15, 0.2) is 0 Å². The first-order valence-electron chi connectivity index (χ1n) is 7.79. The van der Waals surface area contributed by atoms with Gasteiger partial charge in [-0.15, -0.1) is 0 Å². The zero-order chi connectivity index (χ0) is 17.1. The smallest absolute Gasteiger partial charge is 0.306 e. The molecule has 0 aliphatic carbocycles. The number of hydrogen-bond acceptors (Lipinski definition) is 3. The third-order valence-electron chi connectivity index (χ3n) is 4.28. The molecule has 3 rings (SSSR count). The first-order valence-corrected chi connectivity index (χ1v) is 7.79. The number of halogens is 1. The van der Waals surface area contributed by atoms with Gasteiger partial charge in [0.05, 0.1) is 20.0 Å². The average molecular weight is 327 g/mol. The third kappa shape index (κ3) is 3.30. The minimum absolute atomic E-state index is 0.0641. The van der Waals surface area contributed by atoms with Crippen LogP contribution in [0.3, 0.4) is 0 Å². The first kappa shape index (κ1) is 16.2. The van der Waals surface area contributed by atoms with E-state index >= 15 is 0 Å². The molecule has 1 atom stereocenters. The molecule has 1 unspecified atom stereocenters. The van der Waals surface area contributed by atoms with Crippen LogP contribution in [0.2, 0.25) is 0 Å². The topological polar surface area (TPSA) is 46.6 Å². The molecular weight excluding hydrogens is 309 g/mol. The van der Waals surface area contributed by atoms with Crippen molar-refractivity contribution in [1.82, 2.24) is 0 Å². The van der Waals surface area contributed by atoms with Crippen LogP contribution in [0.1, 0.15) is 23.5 Å². The number of nitrogens with zero attached hydrogens (tertiary/aromatic N) is 1. The fourth-order valence-corrected chi connectivity index (χ4v) is 3.06. The maximum Gasteiger partial charge on any atom is 0.306 e. The van der Waals surface area contributed by atoms with Gasteiger partial charge in [-0.05, 0) is 29.3 Å². The highest BCUT2D eigenvalue weighted by Crippen LogP contribution is 2.38. The van der Waals surface area contributed by atoms with E-state index in [0.29, 0.717) is 6.54 Å². The van der Waals surface area contributed by atoms with Gasteiger partial charge in [0.25, 0.3) is 0 Å². The molecule has 0 spiro atoms. The van der Waals surface area contributed by atoms with Crippen LogP contribution in [0, 0.1) is 5.82 Å². The number of anilines is 1. The predicted octanol–water partition coefficient (Wildman–Crippen LogP) is 3.06. The van der Waals surface area contributed by atoms with Crippen molar-refractivity contribution in [3.8, 4) is 0 Å². The Labute approximate surface area is 139 Å². The Kier molecular flexibility index (Phi) is 4.60. The number of methoxy groups -OCH3 is 1. The van der Waals surface area contributed by atoms with Gasteiger partial charge in [-0.2, -0.15) is 0 Å². The maximum atomic E-state index is 13.0. The second kappa shape index (κ2) is 6.83. The lowest BCUT2D eigenvalue weighted by molar-refractivity contribution is -0.141. The molecular formula is C19H18FNO3. The van der Waals surface area contributed by atoms with Gasteiger partial charge in [-0.25, -0.2) is 4.39 Å². The zero-order valence-electron chi connectivity index (χ0n) is 13.4. The molecule has 24 heavy (non-hydrogen) atoms. The normalized spacial score (nSPS) is 15.9. The monoisotopic (exact) mass is 327 g/mol. The van der Waals surface area contributed by atoms with E-state index < -0.39 is 0 Å². The first-order chi connectivity index (χ1) is 11.6. The van der Waals surface area contributed by atoms with Crippen LogP contribution in [0.15, 0.2) is 48.5 Å². The summed E-state index contributed by atoms with van der Waals surface area (Å²) in [6, 6.07) is 13.5. The lowest BCUT2D eigenvalue weighted by atomic mass is 9.98. The molecule has 4 nitrogen and oxygen atoms in total. The number of carbonyl (C=O) groups is 2. The van der Waals surface area contributed by atoms with Crippen molar-refractivity contribution >= 4 is 17.6 Å². The second-order valence-corrected chi connectivity index (χ2v) is 5.84. The van der Waals surface area contributed by atoms with Crippen molar-refractivity contribution in [3.05, 3.63) is 65.5 Å². The van der Waals surface area contributed by atoms with Crippen LogP contribution in [-0.4, -0.2) is 25.5 Å². The predicted molar refractivity (Wildman–Crippen MR) is 88.3 cm³/mol. The number of hydrogen-bond donors (Lipinski definition) is 0. The average Bonchev–Trinajstić information content (AvgIpc) is 2.96. The van der Waals surface area contributed by atoms with Gasteiger partial charge in [0, 0.05) is 18.2 Å². The number of ether oxygens (including phenoxy) is 1. The van der Waals surface area contributed by atoms with Crippen LogP contribution >= 0.6 is 0 Å². The van der Waals surface area contributed by atoms with E-state index in [1.54, 1.807) is 17.0 Å². The van der Waals surface area contributed by atoms with E-state index in [1.807, 2.05) is 24.3 Å². The summed E-state index contributed by atoms with van der Waals surface area (Å²) >= 11 is 0. The summed E-state index contributed by atoms with van der Waals surface area (Å²) in [5.74, 6) is -0.745. The van der Waals surface area contributed by atoms with Crippen LogP contribution in [0.4, 0.5) is 10.1 Å². The van der Waals surface area contributed by atoms with Crippen LogP contribution in [-0.2, 0) is 20.7 Å². The molecule has 0 aromatic heterocycles. The van der Waals surface area contributed by atoms with Gasteiger partial charge in [-0.3, -0.25) is 9.59 Å². The van der Waals surface area contributed by atoms with Crippen molar-refractivity contribution in [1.29, 1.82) is 0 Å². The Morgan fingerprint density at radius 3 is 2.58 bits per heavy atom. The SMILES string of the molecule is COC(=O)CC1CN(C(=O)Cc2ccc(F)cc2)c2ccccc21. The molecule has 1 heterocycles. The molecule has 0 saturated heterocycles. The van der Waals surface area contributed by atoms with E-state index in [0.717, 1.165) is 16.8 Å². The Balaban J connectivity index is 1.79. The molecule has 0 radical (unpaired) electrons. The second-order valence-electron chi connectivity index (χ2n) is 5.84. The fourth-order valence-electron chi connectivity index (χ4n) is 3.06. The zero-order valence-corrected chi connectivity index (χ0v) is 13.4. The van der Waals surface area contributed by atoms with Gasteiger partial charge >= 0.3 is 5.97 Å². The Hall–Kier alpha value is -2.69. The van der Waals surface area contributed by atoms with E-state index in [1.165, 1.54) is 19.2 Å². The highest BCUT2D eigenvalue weighted by molar-refractivity contribution is 5.97. The number of fused-ring (bicyclic) bond motifs is 1. The van der Waals surface area contributed by atoms with Gasteiger partial charge in [0.1, 0.15) is 5.82 Å². The lowest BCUT2D eigenvalue weighted by Crippen LogP contribution is -2.31. The summed E-state index contributed by atoms with van der Waals surface area (Å²) in [6.07, 6.45) is 0.438. The molecule has 5 heteroatoms. The van der Waals surface area contributed by atoms with E-state index in [4.69, 9.17) is 4.74 Å². The number of amides is 1. The Morgan fingerprint density at radius 2 is 1.88 bits per heavy atom. The van der Waals surface area contributed by atoms with E-state index in [-0.39, 0.29) is 36.5 Å². The molecule has 0 bridgehead atoms. The number of carbonyl (C=O) groups excluding carboxylic acids is 2. The van der Waals surface area contributed by atoms with Crippen LogP contribution in [0.25, 0.3) is 0 Å². The highest BCUT2D eigenvalue weighted by Gasteiger charge is 2.33. The van der Waals surface area contributed by atoms with Gasteiger partial charge in [-0.1, -0.05) is 30.3 Å². The summed E-state index contributed by atoms with van der Waals surface area (Å²) in [5.41, 5.74) is 2.57. The third-order valence-corrected chi connectivity index (χ3v) is 4.28. The largest absolute Gasteiger partial charge is 0.469 e. The quantitative estimate of drug-likeness (QED) is 0.811. The molecule has 2 aromatic carbocycles. The summed E-state index contributed by atoms with van der Waals surface area (Å²) in [5, 5.41) is 0.